The number of fused-ring (bicyclic) bond motifs is 1. The van der Waals surface area contributed by atoms with Crippen LogP contribution in [-0.2, 0) is 11.2 Å². The maximum atomic E-state index is 11.8. The van der Waals surface area contributed by atoms with Crippen molar-refractivity contribution in [2.45, 2.75) is 39.0 Å². The molecule has 1 aliphatic carbocycles. The third-order valence-electron chi connectivity index (χ3n) is 6.28. The van der Waals surface area contributed by atoms with E-state index in [9.17, 15) is 9.90 Å². The number of aliphatic carboxylic acids is 1. The van der Waals surface area contributed by atoms with Crippen molar-refractivity contribution >= 4 is 45.6 Å². The first-order chi connectivity index (χ1) is 15.4. The van der Waals surface area contributed by atoms with Crippen LogP contribution < -0.4 is 0 Å². The van der Waals surface area contributed by atoms with Gasteiger partial charge in [0, 0.05) is 27.2 Å². The van der Waals surface area contributed by atoms with Crippen molar-refractivity contribution < 1.29 is 9.90 Å². The molecule has 2 aromatic carbocycles. The molecule has 0 saturated heterocycles. The van der Waals surface area contributed by atoms with Gasteiger partial charge in [0.15, 0.2) is 0 Å². The number of rotatable bonds is 5. The zero-order valence-corrected chi connectivity index (χ0v) is 19.5. The van der Waals surface area contributed by atoms with Gasteiger partial charge in [-0.3, -0.25) is 4.98 Å². The summed E-state index contributed by atoms with van der Waals surface area (Å²) in [7, 11) is 0. The van der Waals surface area contributed by atoms with E-state index in [4.69, 9.17) is 23.2 Å². The second-order valence-electron chi connectivity index (χ2n) is 8.35. The Morgan fingerprint density at radius 3 is 2.78 bits per heavy atom. The second-order valence-corrected chi connectivity index (χ2v) is 9.20. The van der Waals surface area contributed by atoms with Gasteiger partial charge >= 0.3 is 5.97 Å². The molecule has 1 aliphatic rings. The minimum Gasteiger partial charge on any atom is -0.478 e. The molecule has 0 amide bonds. The van der Waals surface area contributed by atoms with Crippen LogP contribution in [0.1, 0.15) is 43.7 Å². The number of nitrogens with zero attached hydrogens (tertiary/aromatic N) is 1. The van der Waals surface area contributed by atoms with E-state index < -0.39 is 5.97 Å². The van der Waals surface area contributed by atoms with Gasteiger partial charge in [-0.05, 0) is 92.0 Å². The van der Waals surface area contributed by atoms with Crippen LogP contribution >= 0.6 is 23.2 Å². The molecular formula is C27H25Cl2NO2. The van der Waals surface area contributed by atoms with E-state index in [0.29, 0.717) is 28.5 Å². The minimum atomic E-state index is -0.816. The number of hydrogen-bond donors (Lipinski definition) is 1. The van der Waals surface area contributed by atoms with Gasteiger partial charge in [0.2, 0.25) is 0 Å². The Labute approximate surface area is 198 Å². The molecule has 0 fully saturated rings. The molecule has 4 rings (SSSR count). The molecular weight excluding hydrogens is 441 g/mol. The normalized spacial score (nSPS) is 21.0. The number of carboxylic acids is 1. The number of carbonyl (C=O) groups is 1. The van der Waals surface area contributed by atoms with Crippen molar-refractivity contribution in [3.63, 3.8) is 0 Å². The van der Waals surface area contributed by atoms with Gasteiger partial charge in [-0.2, -0.15) is 0 Å². The van der Waals surface area contributed by atoms with Gasteiger partial charge in [0.1, 0.15) is 0 Å². The maximum Gasteiger partial charge on any atom is 0.331 e. The smallest absolute Gasteiger partial charge is 0.331 e. The fraction of sp³-hybridized carbons (Fsp3) is 0.259. The Balaban J connectivity index is 1.70. The average molecular weight is 466 g/mol. The van der Waals surface area contributed by atoms with Crippen molar-refractivity contribution in [1.82, 2.24) is 4.98 Å². The summed E-state index contributed by atoms with van der Waals surface area (Å²) >= 11 is 12.6. The van der Waals surface area contributed by atoms with Crippen LogP contribution in [0, 0.1) is 5.92 Å². The lowest BCUT2D eigenvalue weighted by molar-refractivity contribution is -0.132. The summed E-state index contributed by atoms with van der Waals surface area (Å²) in [5.74, 6) is -0.626. The first-order valence-corrected chi connectivity index (χ1v) is 11.6. The van der Waals surface area contributed by atoms with Crippen molar-refractivity contribution in [3.8, 4) is 0 Å². The maximum absolute atomic E-state index is 11.8. The molecule has 32 heavy (non-hydrogen) atoms. The Bertz CT molecular complexity index is 1230. The van der Waals surface area contributed by atoms with Crippen molar-refractivity contribution in [2.24, 2.45) is 5.92 Å². The van der Waals surface area contributed by atoms with Crippen LogP contribution in [0.4, 0.5) is 0 Å². The highest BCUT2D eigenvalue weighted by Crippen LogP contribution is 2.37. The average Bonchev–Trinajstić information content (AvgIpc) is 2.77. The lowest BCUT2D eigenvalue weighted by atomic mass is 9.80. The highest BCUT2D eigenvalue weighted by atomic mass is 35.5. The number of aromatic nitrogens is 1. The first kappa shape index (κ1) is 22.6. The Hall–Kier alpha value is -2.62. The highest BCUT2D eigenvalue weighted by molar-refractivity contribution is 6.33. The second kappa shape index (κ2) is 9.89. The largest absolute Gasteiger partial charge is 0.478 e. The number of allylic oxidation sites excluding steroid dienone is 3. The summed E-state index contributed by atoms with van der Waals surface area (Å²) in [5.41, 5.74) is 5.75. The lowest BCUT2D eigenvalue weighted by Crippen LogP contribution is -2.12. The summed E-state index contributed by atoms with van der Waals surface area (Å²) in [6, 6.07) is 15.8. The standard InChI is InChI=1S/C27H25Cl2NO2/c1-17-6-11-24(21-14-20-4-2-3-5-26(20)30-16-21)18(9-12-23(17)27(31)32)7-8-19-15-22(28)10-13-25(19)29/h2-5,10-11,13-16,18H,6-9,12H2,1H3,(H,31,32)/b23-17+,24-11+. The molecule has 0 aliphatic heterocycles. The minimum absolute atomic E-state index is 0.190. The van der Waals surface area contributed by atoms with Crippen molar-refractivity contribution in [1.29, 1.82) is 0 Å². The van der Waals surface area contributed by atoms with Gasteiger partial charge in [-0.25, -0.2) is 4.79 Å². The Morgan fingerprint density at radius 2 is 1.97 bits per heavy atom. The molecule has 1 heterocycles. The van der Waals surface area contributed by atoms with Crippen LogP contribution in [0.15, 0.2) is 72.0 Å². The third kappa shape index (κ3) is 5.06. The number of aryl methyl sites for hydroxylation is 1. The predicted molar refractivity (Wildman–Crippen MR) is 132 cm³/mol. The van der Waals surface area contributed by atoms with Gasteiger partial charge in [0.25, 0.3) is 0 Å². The van der Waals surface area contributed by atoms with Crippen LogP contribution in [0.25, 0.3) is 16.5 Å². The van der Waals surface area contributed by atoms with Gasteiger partial charge in [-0.1, -0.05) is 53.1 Å². The molecule has 0 spiro atoms. The van der Waals surface area contributed by atoms with E-state index in [2.05, 4.69) is 23.2 Å². The molecule has 3 aromatic rings. The summed E-state index contributed by atoms with van der Waals surface area (Å²) in [4.78, 5) is 16.4. The molecule has 5 heteroatoms. The molecule has 0 bridgehead atoms. The van der Waals surface area contributed by atoms with E-state index in [1.807, 2.05) is 43.5 Å². The zero-order valence-electron chi connectivity index (χ0n) is 17.9. The van der Waals surface area contributed by atoms with E-state index in [-0.39, 0.29) is 5.92 Å². The molecule has 1 N–H and O–H groups in total. The van der Waals surface area contributed by atoms with E-state index in [0.717, 1.165) is 46.9 Å². The number of halogens is 2. The molecule has 0 radical (unpaired) electrons. The molecule has 1 aromatic heterocycles. The van der Waals surface area contributed by atoms with E-state index in [1.54, 1.807) is 6.07 Å². The fourth-order valence-corrected chi connectivity index (χ4v) is 4.88. The molecule has 1 unspecified atom stereocenters. The first-order valence-electron chi connectivity index (χ1n) is 10.8. The van der Waals surface area contributed by atoms with Crippen molar-refractivity contribution in [3.05, 3.63) is 93.1 Å². The summed E-state index contributed by atoms with van der Waals surface area (Å²) in [6.45, 7) is 1.92. The summed E-state index contributed by atoms with van der Waals surface area (Å²) in [6.07, 6.45) is 7.68. The highest BCUT2D eigenvalue weighted by Gasteiger charge is 2.23. The van der Waals surface area contributed by atoms with Crippen molar-refractivity contribution in [2.75, 3.05) is 0 Å². The number of carboxylic acid groups (broad SMARTS) is 1. The summed E-state index contributed by atoms with van der Waals surface area (Å²) in [5, 5.41) is 12.1. The monoisotopic (exact) mass is 465 g/mol. The van der Waals surface area contributed by atoms with Gasteiger partial charge < -0.3 is 5.11 Å². The van der Waals surface area contributed by atoms with Crippen LogP contribution in [-0.4, -0.2) is 16.1 Å². The Kier molecular flexibility index (Phi) is 6.98. The SMILES string of the molecule is C/C1=C(\C(=O)O)CCC(CCc2cc(Cl)ccc2Cl)/C(c2cnc3ccccc3c2)=C\C1. The molecule has 0 saturated carbocycles. The fourth-order valence-electron chi connectivity index (χ4n) is 4.48. The van der Waals surface area contributed by atoms with Crippen LogP contribution in [0.3, 0.4) is 0 Å². The van der Waals surface area contributed by atoms with E-state index in [1.165, 1.54) is 5.57 Å². The predicted octanol–water partition coefficient (Wildman–Crippen LogP) is 7.76. The number of pyridine rings is 1. The quantitative estimate of drug-likeness (QED) is 0.418. The van der Waals surface area contributed by atoms with Gasteiger partial charge in [-0.15, -0.1) is 0 Å². The molecule has 164 valence electrons. The zero-order chi connectivity index (χ0) is 22.7. The topological polar surface area (TPSA) is 50.2 Å². The lowest BCUT2D eigenvalue weighted by Gasteiger charge is -2.24. The third-order valence-corrected chi connectivity index (χ3v) is 6.88. The van der Waals surface area contributed by atoms with E-state index >= 15 is 0 Å². The number of hydrogen-bond acceptors (Lipinski definition) is 2. The number of benzene rings is 2. The van der Waals surface area contributed by atoms with Gasteiger partial charge in [0.05, 0.1) is 5.52 Å². The van der Waals surface area contributed by atoms with Crippen LogP contribution in [0.5, 0.6) is 0 Å². The molecule has 1 atom stereocenters. The molecule has 3 nitrogen and oxygen atoms in total. The Morgan fingerprint density at radius 1 is 1.16 bits per heavy atom. The van der Waals surface area contributed by atoms with Crippen LogP contribution in [0.2, 0.25) is 10.0 Å². The summed E-state index contributed by atoms with van der Waals surface area (Å²) < 4.78 is 0. The number of para-hydroxylation sites is 1.